The van der Waals surface area contributed by atoms with Crippen LogP contribution in [0.2, 0.25) is 5.02 Å². The Labute approximate surface area is 212 Å². The first-order chi connectivity index (χ1) is 17.0. The Morgan fingerprint density at radius 2 is 1.77 bits per heavy atom. The van der Waals surface area contributed by atoms with Crippen LogP contribution >= 0.6 is 11.6 Å². The van der Waals surface area contributed by atoms with E-state index in [2.05, 4.69) is 41.9 Å². The van der Waals surface area contributed by atoms with Crippen molar-refractivity contribution in [2.24, 2.45) is 0 Å². The quantitative estimate of drug-likeness (QED) is 0.256. The molecule has 1 aromatic heterocycles. The lowest BCUT2D eigenvalue weighted by molar-refractivity contribution is -0.120. The molecule has 35 heavy (non-hydrogen) atoms. The molecule has 182 valence electrons. The van der Waals surface area contributed by atoms with E-state index in [1.54, 1.807) is 6.07 Å². The van der Waals surface area contributed by atoms with Crippen LogP contribution in [0.1, 0.15) is 43.1 Å². The fraction of sp³-hybridized carbons (Fsp3) is 0.310. The van der Waals surface area contributed by atoms with Gasteiger partial charge in [-0.05, 0) is 53.8 Å². The van der Waals surface area contributed by atoms with Crippen LogP contribution in [-0.4, -0.2) is 28.6 Å². The molecule has 1 heterocycles. The molecule has 6 heteroatoms. The van der Waals surface area contributed by atoms with Gasteiger partial charge in [0.15, 0.2) is 0 Å². The van der Waals surface area contributed by atoms with E-state index in [4.69, 9.17) is 21.3 Å². The Bertz CT molecular complexity index is 1260. The van der Waals surface area contributed by atoms with Crippen molar-refractivity contribution in [2.45, 2.75) is 45.6 Å². The zero-order valence-electron chi connectivity index (χ0n) is 20.3. The third-order valence-electron chi connectivity index (χ3n) is 6.05. The molecule has 0 aliphatic heterocycles. The summed E-state index contributed by atoms with van der Waals surface area (Å²) in [5.74, 6) is 2.33. The fourth-order valence-corrected chi connectivity index (χ4v) is 4.32. The highest BCUT2D eigenvalue weighted by Crippen LogP contribution is 2.20. The first kappa shape index (κ1) is 24.8. The lowest BCUT2D eigenvalue weighted by Crippen LogP contribution is -2.28. The van der Waals surface area contributed by atoms with E-state index in [1.807, 2.05) is 48.5 Å². The highest BCUT2D eigenvalue weighted by atomic mass is 35.5. The van der Waals surface area contributed by atoms with Gasteiger partial charge in [0.1, 0.15) is 11.6 Å². The summed E-state index contributed by atoms with van der Waals surface area (Å²) in [5.41, 5.74) is 4.21. The summed E-state index contributed by atoms with van der Waals surface area (Å²) in [6.45, 7) is 6.32. The summed E-state index contributed by atoms with van der Waals surface area (Å²) in [6, 6.07) is 23.9. The lowest BCUT2D eigenvalue weighted by atomic mass is 10.0. The fourth-order valence-electron chi connectivity index (χ4n) is 4.12. The number of fused-ring (bicyclic) bond motifs is 1. The molecular formula is C29H32ClN3O2. The predicted octanol–water partition coefficient (Wildman–Crippen LogP) is 6.18. The van der Waals surface area contributed by atoms with Crippen molar-refractivity contribution in [1.82, 2.24) is 14.9 Å². The van der Waals surface area contributed by atoms with Gasteiger partial charge < -0.3 is 14.6 Å². The number of amides is 1. The second kappa shape index (κ2) is 11.9. The minimum atomic E-state index is -0.0438. The highest BCUT2D eigenvalue weighted by Gasteiger charge is 2.12. The third-order valence-corrected chi connectivity index (χ3v) is 6.42. The number of nitrogens with zero attached hydrogens (tertiary/aromatic N) is 2. The number of halogens is 1. The highest BCUT2D eigenvalue weighted by molar-refractivity contribution is 6.31. The summed E-state index contributed by atoms with van der Waals surface area (Å²) in [5, 5.41) is 3.62. The topological polar surface area (TPSA) is 56.1 Å². The Balaban J connectivity index is 1.32. The number of benzene rings is 3. The molecule has 4 aromatic rings. The van der Waals surface area contributed by atoms with Crippen molar-refractivity contribution in [1.29, 1.82) is 0 Å². The van der Waals surface area contributed by atoms with Crippen LogP contribution in [0, 0.1) is 0 Å². The van der Waals surface area contributed by atoms with Gasteiger partial charge in [-0.3, -0.25) is 4.79 Å². The van der Waals surface area contributed by atoms with Gasteiger partial charge in [-0.15, -0.1) is 0 Å². The predicted molar refractivity (Wildman–Crippen MR) is 142 cm³/mol. The molecule has 0 aliphatic carbocycles. The molecule has 0 saturated heterocycles. The van der Waals surface area contributed by atoms with Crippen molar-refractivity contribution in [2.75, 3.05) is 13.2 Å². The largest absolute Gasteiger partial charge is 0.494 e. The van der Waals surface area contributed by atoms with Crippen molar-refractivity contribution >= 4 is 28.5 Å². The number of hydrogen-bond acceptors (Lipinski definition) is 3. The minimum absolute atomic E-state index is 0.0438. The molecular weight excluding hydrogens is 458 g/mol. The Morgan fingerprint density at radius 1 is 1.03 bits per heavy atom. The molecule has 0 fully saturated rings. The van der Waals surface area contributed by atoms with Gasteiger partial charge in [0.05, 0.1) is 24.1 Å². The van der Waals surface area contributed by atoms with E-state index in [0.717, 1.165) is 41.1 Å². The Kier molecular flexibility index (Phi) is 8.43. The molecule has 0 radical (unpaired) electrons. The zero-order chi connectivity index (χ0) is 24.6. The van der Waals surface area contributed by atoms with Crippen molar-refractivity contribution in [3.8, 4) is 5.75 Å². The van der Waals surface area contributed by atoms with Crippen LogP contribution in [-0.2, 0) is 24.2 Å². The van der Waals surface area contributed by atoms with Gasteiger partial charge >= 0.3 is 0 Å². The second-order valence-corrected chi connectivity index (χ2v) is 9.37. The summed E-state index contributed by atoms with van der Waals surface area (Å²) in [6.07, 6.45) is 1.78. The molecule has 0 unspecified atom stereocenters. The SMILES string of the molecule is CC(C)c1ccc(OCCCn2c(CCNC(=O)Cc3ccccc3Cl)nc3ccccc32)cc1. The summed E-state index contributed by atoms with van der Waals surface area (Å²) >= 11 is 6.18. The molecule has 0 aliphatic rings. The number of para-hydroxylation sites is 2. The van der Waals surface area contributed by atoms with Gasteiger partial charge in [-0.25, -0.2) is 4.98 Å². The van der Waals surface area contributed by atoms with Gasteiger partial charge in [-0.2, -0.15) is 0 Å². The normalized spacial score (nSPS) is 11.2. The first-order valence-corrected chi connectivity index (χ1v) is 12.6. The zero-order valence-corrected chi connectivity index (χ0v) is 21.1. The minimum Gasteiger partial charge on any atom is -0.494 e. The van der Waals surface area contributed by atoms with E-state index in [1.165, 1.54) is 5.56 Å². The standard InChI is InChI=1S/C29H32ClN3O2/c1-21(2)22-12-14-24(15-13-22)35-19-7-18-33-27-11-6-5-10-26(27)32-28(33)16-17-31-29(34)20-23-8-3-4-9-25(23)30/h3-6,8-15,21H,7,16-20H2,1-2H3,(H,31,34). The number of ether oxygens (including phenoxy) is 1. The molecule has 1 amide bonds. The molecule has 1 N–H and O–H groups in total. The average molecular weight is 490 g/mol. The van der Waals surface area contributed by atoms with Crippen LogP contribution in [0.5, 0.6) is 5.75 Å². The number of nitrogens with one attached hydrogen (secondary N) is 1. The number of imidazole rings is 1. The van der Waals surface area contributed by atoms with E-state index in [9.17, 15) is 4.79 Å². The van der Waals surface area contributed by atoms with E-state index in [0.29, 0.717) is 30.5 Å². The molecule has 0 atom stereocenters. The molecule has 4 rings (SSSR count). The summed E-state index contributed by atoms with van der Waals surface area (Å²) in [4.78, 5) is 17.2. The van der Waals surface area contributed by atoms with Gasteiger partial charge in [0, 0.05) is 24.5 Å². The van der Waals surface area contributed by atoms with Crippen LogP contribution in [0.4, 0.5) is 0 Å². The Morgan fingerprint density at radius 3 is 2.54 bits per heavy atom. The third kappa shape index (κ3) is 6.64. The molecule has 0 spiro atoms. The number of aryl methyl sites for hydroxylation is 1. The number of aromatic nitrogens is 2. The summed E-state index contributed by atoms with van der Waals surface area (Å²) in [7, 11) is 0. The molecule has 5 nitrogen and oxygen atoms in total. The maximum Gasteiger partial charge on any atom is 0.224 e. The van der Waals surface area contributed by atoms with Crippen LogP contribution in [0.15, 0.2) is 72.8 Å². The maximum absolute atomic E-state index is 12.4. The van der Waals surface area contributed by atoms with Crippen molar-refractivity contribution in [3.63, 3.8) is 0 Å². The average Bonchev–Trinajstić information content (AvgIpc) is 3.21. The van der Waals surface area contributed by atoms with Gasteiger partial charge in [0.25, 0.3) is 0 Å². The smallest absolute Gasteiger partial charge is 0.224 e. The number of rotatable bonds is 11. The van der Waals surface area contributed by atoms with Gasteiger partial charge in [0.2, 0.25) is 5.91 Å². The number of carbonyl (C=O) groups is 1. The summed E-state index contributed by atoms with van der Waals surface area (Å²) < 4.78 is 8.21. The van der Waals surface area contributed by atoms with Crippen LogP contribution in [0.3, 0.4) is 0 Å². The maximum atomic E-state index is 12.4. The van der Waals surface area contributed by atoms with Crippen molar-refractivity contribution in [3.05, 3.63) is 94.8 Å². The van der Waals surface area contributed by atoms with E-state index < -0.39 is 0 Å². The van der Waals surface area contributed by atoms with Crippen LogP contribution in [0.25, 0.3) is 11.0 Å². The molecule has 3 aromatic carbocycles. The van der Waals surface area contributed by atoms with Crippen LogP contribution < -0.4 is 10.1 Å². The lowest BCUT2D eigenvalue weighted by Gasteiger charge is -2.12. The first-order valence-electron chi connectivity index (χ1n) is 12.2. The van der Waals surface area contributed by atoms with E-state index in [-0.39, 0.29) is 12.3 Å². The Hall–Kier alpha value is -3.31. The monoisotopic (exact) mass is 489 g/mol. The molecule has 0 saturated carbocycles. The van der Waals surface area contributed by atoms with Crippen molar-refractivity contribution < 1.29 is 9.53 Å². The molecule has 0 bridgehead atoms. The second-order valence-electron chi connectivity index (χ2n) is 8.96. The van der Waals surface area contributed by atoms with E-state index >= 15 is 0 Å². The number of hydrogen-bond donors (Lipinski definition) is 1. The number of carbonyl (C=O) groups excluding carboxylic acids is 1. The van der Waals surface area contributed by atoms with Gasteiger partial charge in [-0.1, -0.05) is 67.9 Å².